The van der Waals surface area contributed by atoms with E-state index in [1.807, 2.05) is 20.8 Å². The van der Waals surface area contributed by atoms with Gasteiger partial charge in [-0.05, 0) is 84.0 Å². The van der Waals surface area contributed by atoms with E-state index in [9.17, 15) is 82.1 Å². The first kappa shape index (κ1) is 115. The number of hydrogen-bond acceptors (Lipinski definition) is 23. The molecule has 0 saturated heterocycles. The number of ether oxygens (including phenoxy) is 8. The van der Waals surface area contributed by atoms with Crippen molar-refractivity contribution in [3.05, 3.63) is 0 Å². The Balaban J connectivity index is 4.10. The zero-order valence-electron chi connectivity index (χ0n) is 74.2. The Hall–Kier alpha value is -7.47. The van der Waals surface area contributed by atoms with Crippen molar-refractivity contribution in [1.29, 1.82) is 0 Å². The molecule has 34 heteroatoms. The van der Waals surface area contributed by atoms with E-state index >= 15 is 0 Å². The Bertz CT molecular complexity index is 2880. The topological polar surface area (TPSA) is 495 Å². The van der Waals surface area contributed by atoms with Crippen molar-refractivity contribution in [3.63, 3.8) is 0 Å². The fourth-order valence-electron chi connectivity index (χ4n) is 12.8. The number of carbonyl (C=O) groups is 15. The number of carbonyl (C=O) groups excluding carboxylic acids is 11. The summed E-state index contributed by atoms with van der Waals surface area (Å²) in [6.07, 6.45) is 29.4. The number of Topliss-reactive ketones (excluding diaryl/α,β-unsaturated/α-hetero) is 4. The number of rotatable bonds is 90. The van der Waals surface area contributed by atoms with Crippen LogP contribution in [0.2, 0.25) is 0 Å². The van der Waals surface area contributed by atoms with E-state index in [1.54, 1.807) is 0 Å². The molecule has 0 fully saturated rings. The predicted molar refractivity (Wildman–Crippen MR) is 457 cm³/mol. The van der Waals surface area contributed by atoms with E-state index in [0.29, 0.717) is 83.9 Å². The second-order valence-corrected chi connectivity index (χ2v) is 32.2. The van der Waals surface area contributed by atoms with Crippen LogP contribution in [-0.2, 0) is 110 Å². The van der Waals surface area contributed by atoms with Gasteiger partial charge in [0.2, 0.25) is 41.4 Å². The summed E-state index contributed by atoms with van der Waals surface area (Å²) in [6.45, 7) is 9.67. The molecule has 0 aliphatic carbocycles. The summed E-state index contributed by atoms with van der Waals surface area (Å²) >= 11 is 0. The van der Waals surface area contributed by atoms with Crippen molar-refractivity contribution in [2.45, 2.75) is 316 Å². The monoisotopic (exact) mass is 1740 g/mol. The lowest BCUT2D eigenvalue weighted by Crippen LogP contribution is -2.41. The smallest absolute Gasteiger partial charge is 0.326 e. The fourth-order valence-corrected chi connectivity index (χ4v) is 12.8. The number of ketones is 4. The van der Waals surface area contributed by atoms with Gasteiger partial charge in [0.25, 0.3) is 0 Å². The quantitative estimate of drug-likeness (QED) is 0.0252. The van der Waals surface area contributed by atoms with Crippen molar-refractivity contribution in [3.8, 4) is 0 Å². The molecular weight excluding hydrogens is 1590 g/mol. The molecule has 0 bridgehead atoms. The molecule has 0 aliphatic rings. The number of carboxylic acid groups (broad SMARTS) is 4. The highest BCUT2D eigenvalue weighted by atomic mass is 16.5. The van der Waals surface area contributed by atoms with Crippen molar-refractivity contribution in [2.75, 3.05) is 138 Å². The van der Waals surface area contributed by atoms with Gasteiger partial charge in [0.15, 0.2) is 5.78 Å². The van der Waals surface area contributed by atoms with Gasteiger partial charge >= 0.3 is 23.9 Å². The van der Waals surface area contributed by atoms with Crippen LogP contribution in [0.15, 0.2) is 0 Å². The number of carboxylic acids is 4. The minimum Gasteiger partial charge on any atom is -0.481 e. The molecule has 4 atom stereocenters. The number of nitrogens with one attached hydrogen (secondary N) is 7. The molecular formula is C88H155N7O27. The third kappa shape index (κ3) is 76.2. The van der Waals surface area contributed by atoms with Gasteiger partial charge in [0.05, 0.1) is 72.7 Å². The normalized spacial score (nSPS) is 12.3. The SMILES string of the molecule is CC(=O)[C@H](CCCCNC(=O)COCCOCCCC(=O)COCCOCCNC(=O)CC[C@H](NC(=O)CCCCCCCCCCCCCCC(=O)O)C(=O)O)CCC(=O)[C@H](CCCCNC(=O)COCCOCCNC(=O)COCCOCCNC(=O)CC[C@H](NC(=O)CCCCCCCCCCCCCCC(=O)O)C(=O)O)CC(=O)C(C)(C)C. The second-order valence-electron chi connectivity index (χ2n) is 32.2. The molecule has 0 aromatic heterocycles. The lowest BCUT2D eigenvalue weighted by atomic mass is 9.80. The first-order valence-corrected chi connectivity index (χ1v) is 45.1. The average molecular weight is 1740 g/mol. The van der Waals surface area contributed by atoms with Crippen LogP contribution in [0.4, 0.5) is 0 Å². The van der Waals surface area contributed by atoms with Crippen molar-refractivity contribution in [1.82, 2.24) is 37.2 Å². The summed E-state index contributed by atoms with van der Waals surface area (Å²) in [5.41, 5.74) is -0.647. The molecule has 7 amide bonds. The molecule has 0 aliphatic heterocycles. The second kappa shape index (κ2) is 79.4. The van der Waals surface area contributed by atoms with Crippen LogP contribution in [0.25, 0.3) is 0 Å². The van der Waals surface area contributed by atoms with Crippen LogP contribution in [0.5, 0.6) is 0 Å². The summed E-state index contributed by atoms with van der Waals surface area (Å²) in [4.78, 5) is 183. The van der Waals surface area contributed by atoms with Crippen LogP contribution in [-0.4, -0.2) is 259 Å². The van der Waals surface area contributed by atoms with E-state index in [2.05, 4.69) is 37.2 Å². The van der Waals surface area contributed by atoms with E-state index in [0.717, 1.165) is 141 Å². The Morgan fingerprint density at radius 2 is 0.582 bits per heavy atom. The number of aliphatic carboxylic acids is 4. The summed E-state index contributed by atoms with van der Waals surface area (Å²) in [7, 11) is 0. The molecule has 34 nitrogen and oxygen atoms in total. The first-order valence-electron chi connectivity index (χ1n) is 45.1. The lowest BCUT2D eigenvalue weighted by Gasteiger charge is -2.22. The summed E-state index contributed by atoms with van der Waals surface area (Å²) in [5.74, 6) is -7.54. The zero-order valence-corrected chi connectivity index (χ0v) is 74.2. The third-order valence-electron chi connectivity index (χ3n) is 20.2. The maximum absolute atomic E-state index is 13.7. The summed E-state index contributed by atoms with van der Waals surface area (Å²) in [5, 5.41) is 55.2. The van der Waals surface area contributed by atoms with Gasteiger partial charge in [-0.1, -0.05) is 162 Å². The van der Waals surface area contributed by atoms with Gasteiger partial charge in [-0.15, -0.1) is 0 Å². The standard InChI is InChI=1S/C88H155N7O27/c1-69(96)70(34-29-31-47-89-81(104)66-120-61-56-115-52-33-36-72(97)65-119-60-57-116-53-49-91-77(100)45-42-73(86(111)112)94-79(102)37-25-21-17-13-9-5-7-11-15-19-23-27-39-84(107)108)41-44-75(98)71(64-76(99)88(2,3)4)35-30-32-48-90-82(105)67-121-62-59-118-55-51-93-83(106)68-122-63-58-117-54-50-92-78(101)46-43-74(87(113)114)95-80(103)38-26-22-18-14-10-6-8-12-16-20-24-28-40-85(109)110/h70-71,73-74H,5-68H2,1-4H3,(H,89,104)(H,90,105)(H,91,100)(H,92,101)(H,93,106)(H,94,102)(H,95,103)(H,107,108)(H,109,110)(H,111,112)(H,113,114)/t70-,71-,73+,74+/m1/s1. The van der Waals surface area contributed by atoms with Crippen molar-refractivity contribution >= 4 is 88.4 Å². The number of hydrogen-bond donors (Lipinski definition) is 11. The molecule has 0 radical (unpaired) electrons. The lowest BCUT2D eigenvalue weighted by molar-refractivity contribution is -0.142. The highest BCUT2D eigenvalue weighted by Crippen LogP contribution is 2.27. The van der Waals surface area contributed by atoms with Crippen LogP contribution < -0.4 is 37.2 Å². The van der Waals surface area contributed by atoms with Gasteiger partial charge in [-0.3, -0.25) is 62.3 Å². The molecule has 0 saturated carbocycles. The maximum atomic E-state index is 13.7. The minimum atomic E-state index is -1.21. The van der Waals surface area contributed by atoms with E-state index < -0.39 is 47.3 Å². The first-order chi connectivity index (χ1) is 58.6. The third-order valence-corrected chi connectivity index (χ3v) is 20.2. The highest BCUT2D eigenvalue weighted by molar-refractivity contribution is 5.91. The van der Waals surface area contributed by atoms with Gasteiger partial charge < -0.3 is 95.5 Å². The van der Waals surface area contributed by atoms with E-state index in [1.165, 1.54) is 6.92 Å². The Kier molecular flexibility index (Phi) is 74.6. The van der Waals surface area contributed by atoms with E-state index in [4.69, 9.17) is 48.1 Å². The Labute approximate surface area is 724 Å². The summed E-state index contributed by atoms with van der Waals surface area (Å²) in [6, 6.07) is -2.35. The van der Waals surface area contributed by atoms with Crippen LogP contribution >= 0.6 is 0 Å². The van der Waals surface area contributed by atoms with Gasteiger partial charge in [0, 0.05) is 114 Å². The minimum absolute atomic E-state index is 0.0391. The van der Waals surface area contributed by atoms with Crippen LogP contribution in [0.3, 0.4) is 0 Å². The molecule has 122 heavy (non-hydrogen) atoms. The molecule has 0 unspecified atom stereocenters. The average Bonchev–Trinajstić information content (AvgIpc) is 0.871. The Morgan fingerprint density at radius 3 is 0.926 bits per heavy atom. The van der Waals surface area contributed by atoms with Gasteiger partial charge in [0.1, 0.15) is 55.9 Å². The largest absolute Gasteiger partial charge is 0.481 e. The predicted octanol–water partition coefficient (Wildman–Crippen LogP) is 9.36. The van der Waals surface area contributed by atoms with E-state index in [-0.39, 0.29) is 260 Å². The molecule has 0 heterocycles. The zero-order chi connectivity index (χ0) is 90.3. The number of unbranched alkanes of at least 4 members (excludes halogenated alkanes) is 24. The van der Waals surface area contributed by atoms with Crippen LogP contribution in [0.1, 0.15) is 304 Å². The molecule has 11 N–H and O–H groups in total. The summed E-state index contributed by atoms with van der Waals surface area (Å²) < 4.78 is 43.5. The van der Waals surface area contributed by atoms with Crippen molar-refractivity contribution in [2.24, 2.45) is 17.3 Å². The molecule has 0 aromatic rings. The molecule has 704 valence electrons. The highest BCUT2D eigenvalue weighted by Gasteiger charge is 2.30. The van der Waals surface area contributed by atoms with Gasteiger partial charge in [-0.2, -0.15) is 0 Å². The number of amides is 7. The van der Waals surface area contributed by atoms with Crippen LogP contribution in [0, 0.1) is 17.3 Å². The molecule has 0 aromatic carbocycles. The maximum Gasteiger partial charge on any atom is 0.326 e. The molecule has 0 spiro atoms. The molecule has 0 rings (SSSR count). The Morgan fingerprint density at radius 1 is 0.270 bits per heavy atom. The van der Waals surface area contributed by atoms with Gasteiger partial charge in [-0.25, -0.2) is 9.59 Å². The fraction of sp³-hybridized carbons (Fsp3) is 0.830. The van der Waals surface area contributed by atoms with Crippen molar-refractivity contribution < 1.29 is 130 Å².